The summed E-state index contributed by atoms with van der Waals surface area (Å²) in [5, 5.41) is 18.1. The topological polar surface area (TPSA) is 79.2 Å². The summed E-state index contributed by atoms with van der Waals surface area (Å²) in [5.74, 6) is 0.297. The van der Waals surface area contributed by atoms with Crippen molar-refractivity contribution in [2.24, 2.45) is 5.92 Å². The van der Waals surface area contributed by atoms with Crippen LogP contribution in [0.25, 0.3) is 16.6 Å². The minimum atomic E-state index is 0.0997. The molecule has 34 heavy (non-hydrogen) atoms. The average molecular weight is 464 g/mol. The zero-order valence-corrected chi connectivity index (χ0v) is 21.1. The minimum absolute atomic E-state index is 0.0997. The van der Waals surface area contributed by atoms with Gasteiger partial charge in [0.1, 0.15) is 11.2 Å². The zero-order chi connectivity index (χ0) is 24.2. The molecule has 0 radical (unpaired) electrons. The van der Waals surface area contributed by atoms with Crippen LogP contribution in [0.4, 0.5) is 0 Å². The van der Waals surface area contributed by atoms with Gasteiger partial charge >= 0.3 is 0 Å². The number of benzene rings is 1. The number of likely N-dealkylation sites (tertiary alicyclic amines) is 1. The van der Waals surface area contributed by atoms with Crippen LogP contribution in [-0.2, 0) is 11.3 Å². The van der Waals surface area contributed by atoms with Crippen molar-refractivity contribution >= 4 is 16.8 Å². The fraction of sp³-hybridized carbons (Fsp3) is 0.538. The Hall–Kier alpha value is -2.84. The lowest BCUT2D eigenvalue weighted by atomic mass is 9.95. The second-order valence-corrected chi connectivity index (χ2v) is 9.79. The molecule has 1 aliphatic rings. The van der Waals surface area contributed by atoms with Gasteiger partial charge in [0.25, 0.3) is 0 Å². The van der Waals surface area contributed by atoms with Crippen molar-refractivity contribution in [1.82, 2.24) is 35.1 Å². The molecular formula is C26H37N7O. The van der Waals surface area contributed by atoms with E-state index in [0.29, 0.717) is 6.54 Å². The lowest BCUT2D eigenvalue weighted by molar-refractivity contribution is -0.126. The minimum Gasteiger partial charge on any atom is -0.356 e. The van der Waals surface area contributed by atoms with E-state index in [4.69, 9.17) is 5.10 Å². The molecule has 0 spiro atoms. The lowest BCUT2D eigenvalue weighted by Crippen LogP contribution is -2.40. The number of nitrogens with zero attached hydrogens (tertiary/aromatic N) is 6. The maximum Gasteiger partial charge on any atom is 0.223 e. The Morgan fingerprint density at radius 1 is 1.09 bits per heavy atom. The third kappa shape index (κ3) is 5.45. The SMILES string of the molecule is Cc1ccc(-n2nc3c(CN4CCC(C(=O)NCCCN(C)C)CC4)nnc(C)c3c2C)cc1. The molecule has 4 rings (SSSR count). The van der Waals surface area contributed by atoms with Gasteiger partial charge in [-0.1, -0.05) is 17.7 Å². The molecule has 0 atom stereocenters. The zero-order valence-electron chi connectivity index (χ0n) is 21.1. The Kier molecular flexibility index (Phi) is 7.58. The number of piperidine rings is 1. The molecule has 1 fully saturated rings. The summed E-state index contributed by atoms with van der Waals surface area (Å²) in [6.07, 6.45) is 2.73. The average Bonchev–Trinajstić information content (AvgIpc) is 3.17. The summed E-state index contributed by atoms with van der Waals surface area (Å²) in [6, 6.07) is 8.41. The molecule has 1 aliphatic heterocycles. The van der Waals surface area contributed by atoms with Crippen LogP contribution in [0.3, 0.4) is 0 Å². The predicted octanol–water partition coefficient (Wildman–Crippen LogP) is 3.02. The largest absolute Gasteiger partial charge is 0.356 e. The molecular weight excluding hydrogens is 426 g/mol. The predicted molar refractivity (Wildman–Crippen MR) is 135 cm³/mol. The van der Waals surface area contributed by atoms with Crippen molar-refractivity contribution in [3.8, 4) is 5.69 Å². The highest BCUT2D eigenvalue weighted by Crippen LogP contribution is 2.27. The fourth-order valence-electron chi connectivity index (χ4n) is 4.73. The summed E-state index contributed by atoms with van der Waals surface area (Å²) in [7, 11) is 4.11. The van der Waals surface area contributed by atoms with Crippen molar-refractivity contribution in [1.29, 1.82) is 0 Å². The first kappa shape index (κ1) is 24.3. The molecule has 1 N–H and O–H groups in total. The van der Waals surface area contributed by atoms with E-state index in [-0.39, 0.29) is 11.8 Å². The molecule has 0 aliphatic carbocycles. The van der Waals surface area contributed by atoms with E-state index in [0.717, 1.165) is 79.1 Å². The second kappa shape index (κ2) is 10.6. The van der Waals surface area contributed by atoms with E-state index in [1.165, 1.54) is 5.56 Å². The Balaban J connectivity index is 1.42. The van der Waals surface area contributed by atoms with E-state index in [2.05, 4.69) is 77.5 Å². The van der Waals surface area contributed by atoms with Crippen LogP contribution in [0.5, 0.6) is 0 Å². The maximum atomic E-state index is 12.5. The van der Waals surface area contributed by atoms with Crippen LogP contribution in [0.15, 0.2) is 24.3 Å². The summed E-state index contributed by atoms with van der Waals surface area (Å²) in [5.41, 5.74) is 6.08. The molecule has 3 heterocycles. The van der Waals surface area contributed by atoms with Gasteiger partial charge in [-0.3, -0.25) is 9.69 Å². The molecule has 1 amide bonds. The number of carbonyl (C=O) groups is 1. The molecule has 2 aromatic heterocycles. The van der Waals surface area contributed by atoms with Crippen molar-refractivity contribution < 1.29 is 4.79 Å². The van der Waals surface area contributed by atoms with Gasteiger partial charge in [0.05, 0.1) is 17.1 Å². The summed E-state index contributed by atoms with van der Waals surface area (Å²) < 4.78 is 2.00. The van der Waals surface area contributed by atoms with E-state index in [9.17, 15) is 4.79 Å². The van der Waals surface area contributed by atoms with Crippen molar-refractivity contribution in [2.75, 3.05) is 40.3 Å². The van der Waals surface area contributed by atoms with Crippen LogP contribution in [0.2, 0.25) is 0 Å². The number of amides is 1. The van der Waals surface area contributed by atoms with E-state index < -0.39 is 0 Å². The van der Waals surface area contributed by atoms with E-state index in [1.54, 1.807) is 0 Å². The fourth-order valence-corrected chi connectivity index (χ4v) is 4.73. The van der Waals surface area contributed by atoms with Crippen LogP contribution in [-0.4, -0.2) is 76.0 Å². The monoisotopic (exact) mass is 463 g/mol. The number of carbonyl (C=O) groups excluding carboxylic acids is 1. The van der Waals surface area contributed by atoms with Crippen molar-refractivity contribution in [2.45, 2.75) is 46.6 Å². The van der Waals surface area contributed by atoms with Crippen molar-refractivity contribution in [3.63, 3.8) is 0 Å². The summed E-state index contributed by atoms with van der Waals surface area (Å²) in [6.45, 7) is 10.4. The number of aryl methyl sites for hydroxylation is 3. The highest BCUT2D eigenvalue weighted by atomic mass is 16.1. The number of rotatable bonds is 8. The van der Waals surface area contributed by atoms with Gasteiger partial charge in [0, 0.05) is 24.4 Å². The highest BCUT2D eigenvalue weighted by molar-refractivity contribution is 5.85. The van der Waals surface area contributed by atoms with Gasteiger partial charge in [0.15, 0.2) is 0 Å². The third-order valence-electron chi connectivity index (χ3n) is 6.76. The number of hydrogen-bond acceptors (Lipinski definition) is 6. The molecule has 0 unspecified atom stereocenters. The number of fused-ring (bicyclic) bond motifs is 1. The quantitative estimate of drug-likeness (QED) is 0.518. The van der Waals surface area contributed by atoms with Crippen molar-refractivity contribution in [3.05, 3.63) is 46.9 Å². The van der Waals surface area contributed by atoms with Gasteiger partial charge in [-0.05, 0) is 85.9 Å². The van der Waals surface area contributed by atoms with Crippen LogP contribution >= 0.6 is 0 Å². The Labute approximate surface area is 202 Å². The molecule has 3 aromatic rings. The first-order chi connectivity index (χ1) is 16.3. The lowest BCUT2D eigenvalue weighted by Gasteiger charge is -2.31. The molecule has 1 aromatic carbocycles. The van der Waals surface area contributed by atoms with Gasteiger partial charge < -0.3 is 10.2 Å². The molecule has 1 saturated heterocycles. The molecule has 8 nitrogen and oxygen atoms in total. The Morgan fingerprint density at radius 3 is 2.47 bits per heavy atom. The van der Waals surface area contributed by atoms with Gasteiger partial charge in [-0.2, -0.15) is 15.3 Å². The van der Waals surface area contributed by atoms with E-state index >= 15 is 0 Å². The number of nitrogens with one attached hydrogen (secondary N) is 1. The first-order valence-corrected chi connectivity index (χ1v) is 12.3. The number of hydrogen-bond donors (Lipinski definition) is 1. The highest BCUT2D eigenvalue weighted by Gasteiger charge is 2.26. The normalized spacial score (nSPS) is 15.4. The Morgan fingerprint density at radius 2 is 1.79 bits per heavy atom. The van der Waals surface area contributed by atoms with E-state index in [1.807, 2.05) is 11.6 Å². The summed E-state index contributed by atoms with van der Waals surface area (Å²) >= 11 is 0. The molecule has 0 saturated carbocycles. The second-order valence-electron chi connectivity index (χ2n) is 9.79. The number of aromatic nitrogens is 4. The van der Waals surface area contributed by atoms with Gasteiger partial charge in [-0.25, -0.2) is 4.68 Å². The maximum absolute atomic E-state index is 12.5. The molecule has 8 heteroatoms. The van der Waals surface area contributed by atoms with Crippen LogP contribution in [0.1, 0.15) is 41.9 Å². The Bertz CT molecular complexity index is 1130. The smallest absolute Gasteiger partial charge is 0.223 e. The standard InChI is InChI=1S/C26H37N7O/c1-18-7-9-22(10-8-18)33-20(3)24-19(2)28-29-23(25(24)30-33)17-32-15-11-21(12-16-32)26(34)27-13-6-14-31(4)5/h7-10,21H,6,11-17H2,1-5H3,(H,27,34). The summed E-state index contributed by atoms with van der Waals surface area (Å²) in [4.78, 5) is 17.0. The van der Waals surface area contributed by atoms with Gasteiger partial charge in [0.2, 0.25) is 5.91 Å². The molecule has 0 bridgehead atoms. The third-order valence-corrected chi connectivity index (χ3v) is 6.76. The molecule has 182 valence electrons. The van der Waals surface area contributed by atoms with Gasteiger partial charge in [-0.15, -0.1) is 0 Å². The van der Waals surface area contributed by atoms with Crippen LogP contribution < -0.4 is 5.32 Å². The first-order valence-electron chi connectivity index (χ1n) is 12.3. The van der Waals surface area contributed by atoms with Crippen LogP contribution in [0, 0.1) is 26.7 Å².